The maximum absolute atomic E-state index is 12.7. The highest BCUT2D eigenvalue weighted by Crippen LogP contribution is 2.25. The number of carbonyl (C=O) groups excluding carboxylic acids is 1. The highest BCUT2D eigenvalue weighted by atomic mass is 16.5. The van der Waals surface area contributed by atoms with E-state index in [2.05, 4.69) is 5.32 Å². The molecule has 6 heteroatoms. The van der Waals surface area contributed by atoms with Crippen LogP contribution in [0.1, 0.15) is 32.6 Å². The van der Waals surface area contributed by atoms with Gasteiger partial charge in [-0.2, -0.15) is 0 Å². The van der Waals surface area contributed by atoms with Crippen LogP contribution in [0.3, 0.4) is 0 Å². The van der Waals surface area contributed by atoms with Crippen LogP contribution in [0.4, 0.5) is 0 Å². The van der Waals surface area contributed by atoms with Crippen molar-refractivity contribution in [2.45, 2.75) is 38.6 Å². The highest BCUT2D eigenvalue weighted by molar-refractivity contribution is 5.94. The zero-order valence-electron chi connectivity index (χ0n) is 17.0. The van der Waals surface area contributed by atoms with Crippen LogP contribution in [0.15, 0.2) is 54.1 Å². The van der Waals surface area contributed by atoms with Crippen LogP contribution in [0.25, 0.3) is 10.8 Å². The van der Waals surface area contributed by atoms with E-state index in [9.17, 15) is 9.59 Å². The number of benzene rings is 2. The van der Waals surface area contributed by atoms with Crippen LogP contribution >= 0.6 is 0 Å². The van der Waals surface area contributed by atoms with E-state index < -0.39 is 5.97 Å². The van der Waals surface area contributed by atoms with Gasteiger partial charge in [-0.3, -0.25) is 9.59 Å². The third-order valence-electron chi connectivity index (χ3n) is 4.45. The molecule has 1 unspecified atom stereocenters. The Morgan fingerprint density at radius 2 is 1.90 bits per heavy atom. The molecule has 2 aromatic rings. The number of unbranched alkanes of at least 4 members (excludes halogenated alkanes) is 2. The van der Waals surface area contributed by atoms with Gasteiger partial charge in [-0.25, -0.2) is 0 Å². The lowest BCUT2D eigenvalue weighted by Gasteiger charge is -2.16. The van der Waals surface area contributed by atoms with Gasteiger partial charge in [0.2, 0.25) is 0 Å². The number of carbonyl (C=O) groups is 2. The van der Waals surface area contributed by atoms with Gasteiger partial charge < -0.3 is 19.9 Å². The Kier molecular flexibility index (Phi) is 9.18. The van der Waals surface area contributed by atoms with E-state index in [1.807, 2.05) is 55.5 Å². The summed E-state index contributed by atoms with van der Waals surface area (Å²) in [6.45, 7) is 2.43. The smallest absolute Gasteiger partial charge is 0.303 e. The van der Waals surface area contributed by atoms with Crippen molar-refractivity contribution in [2.24, 2.45) is 0 Å². The molecular formula is C23H29NO5. The number of rotatable bonds is 12. The summed E-state index contributed by atoms with van der Waals surface area (Å²) in [6.07, 6.45) is 3.86. The van der Waals surface area contributed by atoms with Crippen LogP contribution in [-0.4, -0.2) is 43.3 Å². The number of carboxylic acid groups (broad SMARTS) is 1. The average Bonchev–Trinajstić information content (AvgIpc) is 2.69. The minimum Gasteiger partial charge on any atom is -0.488 e. The molecule has 0 saturated heterocycles. The van der Waals surface area contributed by atoms with Gasteiger partial charge in [0, 0.05) is 25.0 Å². The molecule has 0 aliphatic rings. The lowest BCUT2D eigenvalue weighted by molar-refractivity contribution is -0.137. The zero-order chi connectivity index (χ0) is 21.1. The second-order valence-electron chi connectivity index (χ2n) is 6.96. The average molecular weight is 399 g/mol. The fourth-order valence-corrected chi connectivity index (χ4v) is 3.00. The number of allylic oxidation sites excluding steroid dienone is 1. The molecule has 2 N–H and O–H groups in total. The van der Waals surface area contributed by atoms with Gasteiger partial charge in [-0.1, -0.05) is 42.5 Å². The number of amides is 1. The first-order valence-corrected chi connectivity index (χ1v) is 9.82. The summed E-state index contributed by atoms with van der Waals surface area (Å²) in [7, 11) is 1.59. The molecule has 0 radical (unpaired) electrons. The molecule has 0 spiro atoms. The van der Waals surface area contributed by atoms with Crippen molar-refractivity contribution in [1.82, 2.24) is 5.32 Å². The van der Waals surface area contributed by atoms with Gasteiger partial charge >= 0.3 is 5.97 Å². The Bertz CT molecular complexity index is 841. The second kappa shape index (κ2) is 11.9. The number of ether oxygens (including phenoxy) is 2. The molecule has 1 atom stereocenters. The van der Waals surface area contributed by atoms with E-state index >= 15 is 0 Å². The molecule has 0 saturated carbocycles. The molecule has 6 nitrogen and oxygen atoms in total. The fourth-order valence-electron chi connectivity index (χ4n) is 3.00. The Balaban J connectivity index is 2.06. The Hall–Kier alpha value is -2.86. The van der Waals surface area contributed by atoms with Gasteiger partial charge in [0.1, 0.15) is 12.4 Å². The number of fused-ring (bicyclic) bond motifs is 1. The van der Waals surface area contributed by atoms with Crippen LogP contribution in [0, 0.1) is 0 Å². The standard InChI is InChI=1S/C23H29NO5/c1-17(15-28-2)24-23(27)19(10-4-3-5-14-22(25)26)16-29-21-13-8-11-18-9-6-7-12-20(18)21/h6-13,17H,3-5,14-16H2,1-2H3,(H,24,27)(H,25,26)/b19-10+. The van der Waals surface area contributed by atoms with E-state index in [1.165, 1.54) is 0 Å². The fraction of sp³-hybridized carbons (Fsp3) is 0.391. The summed E-state index contributed by atoms with van der Waals surface area (Å²) in [4.78, 5) is 23.3. The number of hydrogen-bond acceptors (Lipinski definition) is 4. The van der Waals surface area contributed by atoms with Crippen molar-refractivity contribution >= 4 is 22.6 Å². The monoisotopic (exact) mass is 399 g/mol. The first-order valence-electron chi connectivity index (χ1n) is 9.82. The van der Waals surface area contributed by atoms with Crippen LogP contribution in [0.5, 0.6) is 5.75 Å². The first kappa shape index (κ1) is 22.4. The highest BCUT2D eigenvalue weighted by Gasteiger charge is 2.14. The Morgan fingerprint density at radius 1 is 1.14 bits per heavy atom. The summed E-state index contributed by atoms with van der Waals surface area (Å²) in [5.41, 5.74) is 0.524. The molecule has 2 rings (SSSR count). The predicted octanol–water partition coefficient (Wildman–Crippen LogP) is 3.94. The lowest BCUT2D eigenvalue weighted by atomic mass is 10.1. The minimum absolute atomic E-state index is 0.125. The third kappa shape index (κ3) is 7.58. The Labute approximate surface area is 171 Å². The van der Waals surface area contributed by atoms with Crippen molar-refractivity contribution in [3.8, 4) is 5.75 Å². The van der Waals surface area contributed by atoms with Crippen LogP contribution < -0.4 is 10.1 Å². The van der Waals surface area contributed by atoms with Gasteiger partial charge in [0.05, 0.1) is 12.2 Å². The molecule has 2 aromatic carbocycles. The van der Waals surface area contributed by atoms with E-state index in [0.29, 0.717) is 31.4 Å². The molecule has 0 aromatic heterocycles. The number of methoxy groups -OCH3 is 1. The molecule has 1 amide bonds. The summed E-state index contributed by atoms with van der Waals surface area (Å²) >= 11 is 0. The second-order valence-corrected chi connectivity index (χ2v) is 6.96. The maximum Gasteiger partial charge on any atom is 0.303 e. The van der Waals surface area contributed by atoms with Crippen LogP contribution in [-0.2, 0) is 14.3 Å². The third-order valence-corrected chi connectivity index (χ3v) is 4.45. The Morgan fingerprint density at radius 3 is 2.66 bits per heavy atom. The van der Waals surface area contributed by atoms with E-state index in [0.717, 1.165) is 16.5 Å². The first-order chi connectivity index (χ1) is 14.0. The number of nitrogens with one attached hydrogen (secondary N) is 1. The number of aliphatic carboxylic acids is 1. The van der Waals surface area contributed by atoms with Crippen molar-refractivity contribution in [3.05, 3.63) is 54.1 Å². The molecule has 0 bridgehead atoms. The largest absolute Gasteiger partial charge is 0.488 e. The molecule has 0 aliphatic carbocycles. The summed E-state index contributed by atoms with van der Waals surface area (Å²) < 4.78 is 11.1. The zero-order valence-corrected chi connectivity index (χ0v) is 17.0. The summed E-state index contributed by atoms with van der Waals surface area (Å²) in [6, 6.07) is 13.6. The van der Waals surface area contributed by atoms with Crippen molar-refractivity contribution in [1.29, 1.82) is 0 Å². The van der Waals surface area contributed by atoms with Gasteiger partial charge in [0.25, 0.3) is 5.91 Å². The molecule has 0 aliphatic heterocycles. The maximum atomic E-state index is 12.7. The van der Waals surface area contributed by atoms with Gasteiger partial charge in [0.15, 0.2) is 0 Å². The lowest BCUT2D eigenvalue weighted by Crippen LogP contribution is -2.37. The predicted molar refractivity (Wildman–Crippen MR) is 113 cm³/mol. The topological polar surface area (TPSA) is 84.9 Å². The summed E-state index contributed by atoms with van der Waals surface area (Å²) in [5.74, 6) is -0.287. The normalized spacial score (nSPS) is 12.6. The molecule has 0 heterocycles. The SMILES string of the molecule is COCC(C)NC(=O)/C(=C/CCCCC(=O)O)COc1cccc2ccccc12. The molecule has 156 valence electrons. The van der Waals surface area contributed by atoms with Gasteiger partial charge in [-0.05, 0) is 37.6 Å². The molecule has 0 fully saturated rings. The van der Waals surface area contributed by atoms with Crippen molar-refractivity contribution in [2.75, 3.05) is 20.3 Å². The van der Waals surface area contributed by atoms with Crippen molar-refractivity contribution in [3.63, 3.8) is 0 Å². The number of carboxylic acids is 1. The number of hydrogen-bond donors (Lipinski definition) is 2. The van der Waals surface area contributed by atoms with E-state index in [4.69, 9.17) is 14.6 Å². The molecular weight excluding hydrogens is 370 g/mol. The summed E-state index contributed by atoms with van der Waals surface area (Å²) in [5, 5.41) is 13.7. The van der Waals surface area contributed by atoms with Crippen molar-refractivity contribution < 1.29 is 24.2 Å². The van der Waals surface area contributed by atoms with Crippen LogP contribution in [0.2, 0.25) is 0 Å². The van der Waals surface area contributed by atoms with E-state index in [1.54, 1.807) is 7.11 Å². The quantitative estimate of drug-likeness (QED) is 0.417. The van der Waals surface area contributed by atoms with Gasteiger partial charge in [-0.15, -0.1) is 0 Å². The van der Waals surface area contributed by atoms with E-state index in [-0.39, 0.29) is 25.0 Å². The molecule has 29 heavy (non-hydrogen) atoms. The minimum atomic E-state index is -0.806.